The number of amides is 3. The third-order valence-electron chi connectivity index (χ3n) is 7.27. The number of aromatic amines is 1. The van der Waals surface area contributed by atoms with Gasteiger partial charge in [-0.25, -0.2) is 0 Å². The van der Waals surface area contributed by atoms with Crippen molar-refractivity contribution in [2.75, 3.05) is 20.3 Å². The van der Waals surface area contributed by atoms with Crippen LogP contribution < -0.4 is 20.7 Å². The molecule has 3 rings (SSSR count). The maximum atomic E-state index is 13.6. The normalized spacial score (nSPS) is 16.9. The van der Waals surface area contributed by atoms with Crippen LogP contribution in [0.15, 0.2) is 24.3 Å². The number of carbonyl (C=O) groups excluding carboxylic acids is 5. The minimum absolute atomic E-state index is 0.0397. The van der Waals surface area contributed by atoms with E-state index in [1.807, 2.05) is 19.9 Å². The van der Waals surface area contributed by atoms with Gasteiger partial charge in [-0.05, 0) is 43.4 Å². The van der Waals surface area contributed by atoms with Crippen LogP contribution in [0.3, 0.4) is 0 Å². The summed E-state index contributed by atoms with van der Waals surface area (Å²) in [6.45, 7) is 9.04. The van der Waals surface area contributed by atoms with Crippen molar-refractivity contribution in [3.63, 3.8) is 0 Å². The van der Waals surface area contributed by atoms with Gasteiger partial charge >= 0.3 is 5.97 Å². The van der Waals surface area contributed by atoms with E-state index in [-0.39, 0.29) is 29.9 Å². The number of rotatable bonds is 16. The monoisotopic (exact) mass is 600 g/mol. The lowest BCUT2D eigenvalue weighted by Crippen LogP contribution is -2.53. The average Bonchev–Trinajstić information content (AvgIpc) is 3.59. The minimum atomic E-state index is -1.05. The Balaban J connectivity index is 1.75. The fourth-order valence-electron chi connectivity index (χ4n) is 4.84. The standard InChI is InChI=1S/C31H44N4O8/c1-7-27(43-31(40)18(4)5)42-16-25(36)22(14-19-11-12-32-28(19)37)34-29(38)23(13-17(2)3)35-30(39)24-15-20-21(33-24)9-8-10-26(20)41-6/h8-10,15,17-19,22-23,27,33H,7,11-14,16H2,1-6H3,(H,32,37)(H,34,38)(H,35,39)/t19-,22-,23-,27?/m0/s1. The van der Waals surface area contributed by atoms with Crippen molar-refractivity contribution in [3.8, 4) is 5.75 Å². The van der Waals surface area contributed by atoms with Gasteiger partial charge < -0.3 is 35.1 Å². The van der Waals surface area contributed by atoms with Crippen molar-refractivity contribution in [1.29, 1.82) is 0 Å². The zero-order chi connectivity index (χ0) is 31.7. The van der Waals surface area contributed by atoms with E-state index in [1.165, 1.54) is 0 Å². The molecule has 43 heavy (non-hydrogen) atoms. The Morgan fingerprint density at radius 3 is 2.42 bits per heavy atom. The summed E-state index contributed by atoms with van der Waals surface area (Å²) in [7, 11) is 1.54. The van der Waals surface area contributed by atoms with Crippen LogP contribution in [-0.2, 0) is 28.7 Å². The lowest BCUT2D eigenvalue weighted by Gasteiger charge is -2.25. The van der Waals surface area contributed by atoms with Crippen molar-refractivity contribution < 1.29 is 38.2 Å². The van der Waals surface area contributed by atoms with Crippen molar-refractivity contribution in [3.05, 3.63) is 30.0 Å². The highest BCUT2D eigenvalue weighted by Crippen LogP contribution is 2.26. The number of esters is 1. The van der Waals surface area contributed by atoms with Crippen LogP contribution in [0.2, 0.25) is 0 Å². The molecule has 1 fully saturated rings. The smallest absolute Gasteiger partial charge is 0.310 e. The van der Waals surface area contributed by atoms with Crippen LogP contribution in [0.1, 0.15) is 70.8 Å². The molecule has 1 aromatic heterocycles. The Labute approximate surface area is 252 Å². The van der Waals surface area contributed by atoms with Gasteiger partial charge in [-0.1, -0.05) is 40.7 Å². The highest BCUT2D eigenvalue weighted by molar-refractivity contribution is 6.02. The summed E-state index contributed by atoms with van der Waals surface area (Å²) in [6.07, 6.45) is 0.320. The molecule has 1 saturated heterocycles. The second-order valence-electron chi connectivity index (χ2n) is 11.5. The first-order chi connectivity index (χ1) is 20.4. The first kappa shape index (κ1) is 33.6. The molecule has 0 radical (unpaired) electrons. The van der Waals surface area contributed by atoms with Crippen molar-refractivity contribution >= 4 is 40.4 Å². The van der Waals surface area contributed by atoms with Crippen LogP contribution >= 0.6 is 0 Å². The molecule has 0 aliphatic carbocycles. The second-order valence-corrected chi connectivity index (χ2v) is 11.5. The molecular formula is C31H44N4O8. The number of hydrogen-bond donors (Lipinski definition) is 4. The molecule has 1 aliphatic heterocycles. The van der Waals surface area contributed by atoms with Crippen LogP contribution in [0, 0.1) is 17.8 Å². The fraction of sp³-hybridized carbons (Fsp3) is 0.581. The highest BCUT2D eigenvalue weighted by atomic mass is 16.7. The van der Waals surface area contributed by atoms with E-state index >= 15 is 0 Å². The molecule has 4 N–H and O–H groups in total. The zero-order valence-electron chi connectivity index (χ0n) is 25.8. The summed E-state index contributed by atoms with van der Waals surface area (Å²) in [5.74, 6) is -2.33. The molecule has 4 atom stereocenters. The number of methoxy groups -OCH3 is 1. The maximum absolute atomic E-state index is 13.6. The van der Waals surface area contributed by atoms with E-state index in [0.717, 1.165) is 5.39 Å². The number of fused-ring (bicyclic) bond motifs is 1. The van der Waals surface area contributed by atoms with E-state index in [9.17, 15) is 24.0 Å². The van der Waals surface area contributed by atoms with Crippen LogP contribution in [0.5, 0.6) is 5.75 Å². The minimum Gasteiger partial charge on any atom is -0.496 e. The van der Waals surface area contributed by atoms with Crippen LogP contribution in [0.4, 0.5) is 0 Å². The number of carbonyl (C=O) groups is 5. The van der Waals surface area contributed by atoms with Gasteiger partial charge in [0.15, 0.2) is 5.78 Å². The maximum Gasteiger partial charge on any atom is 0.310 e. The summed E-state index contributed by atoms with van der Waals surface area (Å²) in [6, 6.07) is 5.06. The SMILES string of the molecule is CCC(OCC(=O)[C@H](C[C@@H]1CCNC1=O)NC(=O)[C@H](CC(C)C)NC(=O)c1cc2c(OC)cccc2[nH]1)OC(=O)C(C)C. The molecule has 0 spiro atoms. The van der Waals surface area contributed by atoms with Gasteiger partial charge in [-0.15, -0.1) is 0 Å². The molecule has 3 amide bonds. The lowest BCUT2D eigenvalue weighted by atomic mass is 9.95. The second kappa shape index (κ2) is 15.5. The first-order valence-electron chi connectivity index (χ1n) is 14.8. The molecule has 0 bridgehead atoms. The van der Waals surface area contributed by atoms with Gasteiger partial charge in [0.1, 0.15) is 24.1 Å². The number of nitrogens with one attached hydrogen (secondary N) is 4. The number of H-pyrrole nitrogens is 1. The first-order valence-corrected chi connectivity index (χ1v) is 14.8. The van der Waals surface area contributed by atoms with E-state index in [1.54, 1.807) is 46.1 Å². The van der Waals surface area contributed by atoms with E-state index in [2.05, 4.69) is 20.9 Å². The van der Waals surface area contributed by atoms with Crippen molar-refractivity contribution in [2.24, 2.45) is 17.8 Å². The molecule has 12 heteroatoms. The van der Waals surface area contributed by atoms with E-state index < -0.39 is 54.5 Å². The van der Waals surface area contributed by atoms with Crippen molar-refractivity contribution in [2.45, 2.75) is 78.7 Å². The van der Waals surface area contributed by atoms with Crippen molar-refractivity contribution in [1.82, 2.24) is 20.9 Å². The quantitative estimate of drug-likeness (QED) is 0.169. The van der Waals surface area contributed by atoms with Gasteiger partial charge in [0.2, 0.25) is 18.1 Å². The Bertz CT molecular complexity index is 1300. The van der Waals surface area contributed by atoms with Crippen LogP contribution in [-0.4, -0.2) is 73.1 Å². The van der Waals surface area contributed by atoms with Gasteiger partial charge in [-0.2, -0.15) is 0 Å². The highest BCUT2D eigenvalue weighted by Gasteiger charge is 2.34. The number of ketones is 1. The number of Topliss-reactive ketones (excluding diaryl/α,β-unsaturated/α-hetero) is 1. The Morgan fingerprint density at radius 2 is 1.81 bits per heavy atom. The molecule has 2 aromatic rings. The predicted molar refractivity (Wildman–Crippen MR) is 159 cm³/mol. The van der Waals surface area contributed by atoms with Gasteiger partial charge in [-0.3, -0.25) is 24.0 Å². The third kappa shape index (κ3) is 9.28. The summed E-state index contributed by atoms with van der Waals surface area (Å²) in [5.41, 5.74) is 0.964. The molecule has 1 unspecified atom stereocenters. The molecule has 236 valence electrons. The van der Waals surface area contributed by atoms with Crippen LogP contribution in [0.25, 0.3) is 10.9 Å². The fourth-order valence-corrected chi connectivity index (χ4v) is 4.84. The predicted octanol–water partition coefficient (Wildman–Crippen LogP) is 2.85. The van der Waals surface area contributed by atoms with E-state index in [4.69, 9.17) is 14.2 Å². The molecular weight excluding hydrogens is 556 g/mol. The van der Waals surface area contributed by atoms with Gasteiger partial charge in [0.25, 0.3) is 5.91 Å². The summed E-state index contributed by atoms with van der Waals surface area (Å²) in [4.78, 5) is 67.6. The number of hydrogen-bond acceptors (Lipinski definition) is 8. The van der Waals surface area contributed by atoms with Gasteiger partial charge in [0, 0.05) is 29.8 Å². The van der Waals surface area contributed by atoms with Gasteiger partial charge in [0.05, 0.1) is 19.1 Å². The zero-order valence-corrected chi connectivity index (χ0v) is 25.8. The summed E-state index contributed by atoms with van der Waals surface area (Å²) in [5, 5.41) is 9.05. The molecule has 2 heterocycles. The molecule has 12 nitrogen and oxygen atoms in total. The Hall–Kier alpha value is -3.93. The molecule has 1 aromatic carbocycles. The third-order valence-corrected chi connectivity index (χ3v) is 7.27. The number of benzene rings is 1. The summed E-state index contributed by atoms with van der Waals surface area (Å²) >= 11 is 0. The topological polar surface area (TPSA) is 165 Å². The average molecular weight is 601 g/mol. The van der Waals surface area contributed by atoms with E-state index in [0.29, 0.717) is 37.1 Å². The largest absolute Gasteiger partial charge is 0.496 e. The Morgan fingerprint density at radius 1 is 1.07 bits per heavy atom. The molecule has 0 saturated carbocycles. The molecule has 1 aliphatic rings. The number of ether oxygens (including phenoxy) is 3. The summed E-state index contributed by atoms with van der Waals surface area (Å²) < 4.78 is 16.3. The lowest BCUT2D eigenvalue weighted by molar-refractivity contribution is -0.184. The number of aromatic nitrogens is 1. The Kier molecular flexibility index (Phi) is 12.1.